The van der Waals surface area contributed by atoms with Gasteiger partial charge in [-0.1, -0.05) is 19.3 Å². The molecule has 1 aliphatic carbocycles. The maximum atomic E-state index is 4.28. The minimum Gasteiger partial charge on any atom is -0.368 e. The third-order valence-electron chi connectivity index (χ3n) is 4.48. The standard InChI is InChI=1S/C14H21N3/c1-16-11-6-4-3-5-7-12(11)17(2)14-10-15-9-8-13(14)16/h8-12H,3-7H2,1-2H3. The minimum absolute atomic E-state index is 0.666. The Morgan fingerprint density at radius 2 is 1.65 bits per heavy atom. The third-order valence-corrected chi connectivity index (χ3v) is 4.48. The Kier molecular flexibility index (Phi) is 2.69. The van der Waals surface area contributed by atoms with Crippen LogP contribution in [0, 0.1) is 0 Å². The molecule has 3 rings (SSSR count). The fourth-order valence-corrected chi connectivity index (χ4v) is 3.48. The van der Waals surface area contributed by atoms with Crippen LogP contribution in [-0.4, -0.2) is 31.2 Å². The molecule has 3 nitrogen and oxygen atoms in total. The van der Waals surface area contributed by atoms with Crippen molar-refractivity contribution in [3.8, 4) is 0 Å². The van der Waals surface area contributed by atoms with Gasteiger partial charge in [-0.05, 0) is 18.9 Å². The molecule has 17 heavy (non-hydrogen) atoms. The van der Waals surface area contributed by atoms with Crippen LogP contribution in [0.25, 0.3) is 0 Å². The first-order valence-corrected chi connectivity index (χ1v) is 6.68. The van der Waals surface area contributed by atoms with E-state index < -0.39 is 0 Å². The predicted molar refractivity (Wildman–Crippen MR) is 71.7 cm³/mol. The lowest BCUT2D eigenvalue weighted by Crippen LogP contribution is -2.53. The maximum Gasteiger partial charge on any atom is 0.0791 e. The summed E-state index contributed by atoms with van der Waals surface area (Å²) in [5, 5.41) is 0. The zero-order chi connectivity index (χ0) is 11.8. The van der Waals surface area contributed by atoms with Gasteiger partial charge in [0.25, 0.3) is 0 Å². The molecule has 2 aliphatic rings. The van der Waals surface area contributed by atoms with Crippen molar-refractivity contribution in [1.82, 2.24) is 4.98 Å². The Labute approximate surface area is 103 Å². The topological polar surface area (TPSA) is 19.4 Å². The number of hydrogen-bond acceptors (Lipinski definition) is 3. The number of rotatable bonds is 0. The number of anilines is 2. The van der Waals surface area contributed by atoms with Crippen molar-refractivity contribution in [2.75, 3.05) is 23.9 Å². The summed E-state index contributed by atoms with van der Waals surface area (Å²) in [6, 6.07) is 3.49. The van der Waals surface area contributed by atoms with Gasteiger partial charge < -0.3 is 9.80 Å². The van der Waals surface area contributed by atoms with E-state index >= 15 is 0 Å². The lowest BCUT2D eigenvalue weighted by Gasteiger charge is -2.47. The van der Waals surface area contributed by atoms with Gasteiger partial charge >= 0.3 is 0 Å². The second kappa shape index (κ2) is 4.21. The zero-order valence-corrected chi connectivity index (χ0v) is 10.8. The first-order chi connectivity index (χ1) is 8.29. The van der Waals surface area contributed by atoms with Gasteiger partial charge in [0.15, 0.2) is 0 Å². The molecule has 1 saturated carbocycles. The molecule has 0 N–H and O–H groups in total. The molecule has 1 aromatic rings. The molecule has 1 aromatic heterocycles. The molecule has 2 atom stereocenters. The van der Waals surface area contributed by atoms with E-state index in [9.17, 15) is 0 Å². The molecule has 92 valence electrons. The van der Waals surface area contributed by atoms with Gasteiger partial charge in [-0.15, -0.1) is 0 Å². The SMILES string of the molecule is CN1c2ccncc2N(C)C2CCCCCC21. The molecule has 0 spiro atoms. The average molecular weight is 231 g/mol. The number of likely N-dealkylation sites (N-methyl/N-ethyl adjacent to an activating group) is 2. The average Bonchev–Trinajstić information content (AvgIpc) is 2.62. The summed E-state index contributed by atoms with van der Waals surface area (Å²) in [6.07, 6.45) is 10.7. The quantitative estimate of drug-likeness (QED) is 0.684. The Morgan fingerprint density at radius 3 is 2.35 bits per heavy atom. The monoisotopic (exact) mass is 231 g/mol. The summed E-state index contributed by atoms with van der Waals surface area (Å²) >= 11 is 0. The highest BCUT2D eigenvalue weighted by Crippen LogP contribution is 2.39. The first kappa shape index (κ1) is 10.9. The first-order valence-electron chi connectivity index (χ1n) is 6.68. The van der Waals surface area contributed by atoms with Gasteiger partial charge in [0.05, 0.1) is 17.6 Å². The number of pyridine rings is 1. The van der Waals surface area contributed by atoms with E-state index in [0.717, 1.165) is 0 Å². The molecule has 0 saturated heterocycles. The maximum absolute atomic E-state index is 4.28. The van der Waals surface area contributed by atoms with E-state index in [2.05, 4.69) is 34.9 Å². The van der Waals surface area contributed by atoms with E-state index in [1.807, 2.05) is 12.4 Å². The van der Waals surface area contributed by atoms with Crippen LogP contribution in [-0.2, 0) is 0 Å². The highest BCUT2D eigenvalue weighted by atomic mass is 15.3. The van der Waals surface area contributed by atoms with Gasteiger partial charge in [-0.25, -0.2) is 0 Å². The van der Waals surface area contributed by atoms with Crippen LogP contribution in [0.1, 0.15) is 32.1 Å². The van der Waals surface area contributed by atoms with E-state index in [-0.39, 0.29) is 0 Å². The predicted octanol–water partition coefficient (Wildman–Crippen LogP) is 2.67. The number of hydrogen-bond donors (Lipinski definition) is 0. The molecular weight excluding hydrogens is 210 g/mol. The van der Waals surface area contributed by atoms with Crippen molar-refractivity contribution in [3.05, 3.63) is 18.5 Å². The summed E-state index contributed by atoms with van der Waals surface area (Å²) in [6.45, 7) is 0. The van der Waals surface area contributed by atoms with E-state index in [0.29, 0.717) is 12.1 Å². The second-order valence-electron chi connectivity index (χ2n) is 5.36. The largest absolute Gasteiger partial charge is 0.368 e. The van der Waals surface area contributed by atoms with E-state index in [1.54, 1.807) is 0 Å². The van der Waals surface area contributed by atoms with E-state index in [1.165, 1.54) is 43.5 Å². The summed E-state index contributed by atoms with van der Waals surface area (Å²) in [5.41, 5.74) is 2.63. The van der Waals surface area contributed by atoms with Gasteiger partial charge in [0.2, 0.25) is 0 Å². The number of nitrogens with zero attached hydrogens (tertiary/aromatic N) is 3. The summed E-state index contributed by atoms with van der Waals surface area (Å²) in [5.74, 6) is 0. The molecule has 0 radical (unpaired) electrons. The van der Waals surface area contributed by atoms with Crippen LogP contribution in [0.3, 0.4) is 0 Å². The van der Waals surface area contributed by atoms with Crippen molar-refractivity contribution in [2.24, 2.45) is 0 Å². The van der Waals surface area contributed by atoms with Crippen molar-refractivity contribution in [2.45, 2.75) is 44.2 Å². The molecule has 1 aliphatic heterocycles. The van der Waals surface area contributed by atoms with Crippen LogP contribution in [0.5, 0.6) is 0 Å². The second-order valence-corrected chi connectivity index (χ2v) is 5.36. The fourth-order valence-electron chi connectivity index (χ4n) is 3.48. The molecule has 2 heterocycles. The van der Waals surface area contributed by atoms with Gasteiger partial charge in [-0.2, -0.15) is 0 Å². The molecule has 2 unspecified atom stereocenters. The summed E-state index contributed by atoms with van der Waals surface area (Å²) < 4.78 is 0. The Hall–Kier alpha value is -1.25. The van der Waals surface area contributed by atoms with E-state index in [4.69, 9.17) is 0 Å². The molecule has 0 aromatic carbocycles. The number of aromatic nitrogens is 1. The zero-order valence-electron chi connectivity index (χ0n) is 10.8. The smallest absolute Gasteiger partial charge is 0.0791 e. The lowest BCUT2D eigenvalue weighted by atomic mass is 9.96. The molecular formula is C14H21N3. The highest BCUT2D eigenvalue weighted by Gasteiger charge is 2.36. The summed E-state index contributed by atoms with van der Waals surface area (Å²) in [7, 11) is 4.48. The third kappa shape index (κ3) is 1.68. The number of fused-ring (bicyclic) bond motifs is 2. The van der Waals surface area contributed by atoms with Crippen molar-refractivity contribution < 1.29 is 0 Å². The van der Waals surface area contributed by atoms with Gasteiger partial charge in [0.1, 0.15) is 0 Å². The lowest BCUT2D eigenvalue weighted by molar-refractivity contribution is 0.448. The molecule has 0 amide bonds. The molecule has 0 bridgehead atoms. The van der Waals surface area contributed by atoms with Crippen molar-refractivity contribution in [1.29, 1.82) is 0 Å². The Balaban J connectivity index is 2.02. The van der Waals surface area contributed by atoms with Crippen LogP contribution in [0.4, 0.5) is 11.4 Å². The highest BCUT2D eigenvalue weighted by molar-refractivity contribution is 5.73. The van der Waals surface area contributed by atoms with Crippen LogP contribution >= 0.6 is 0 Å². The van der Waals surface area contributed by atoms with Crippen LogP contribution in [0.15, 0.2) is 18.5 Å². The van der Waals surface area contributed by atoms with Crippen molar-refractivity contribution in [3.63, 3.8) is 0 Å². The Morgan fingerprint density at radius 1 is 1.00 bits per heavy atom. The molecule has 3 heteroatoms. The Bertz CT molecular complexity index is 367. The minimum atomic E-state index is 0.666. The van der Waals surface area contributed by atoms with Crippen molar-refractivity contribution >= 4 is 11.4 Å². The van der Waals surface area contributed by atoms with Crippen LogP contribution in [0.2, 0.25) is 0 Å². The van der Waals surface area contributed by atoms with Crippen LogP contribution < -0.4 is 9.80 Å². The molecule has 1 fully saturated rings. The summed E-state index contributed by atoms with van der Waals surface area (Å²) in [4.78, 5) is 9.21. The fraction of sp³-hybridized carbons (Fsp3) is 0.643. The van der Waals surface area contributed by atoms with Gasteiger partial charge in [0, 0.05) is 32.4 Å². The van der Waals surface area contributed by atoms with Gasteiger partial charge in [-0.3, -0.25) is 4.98 Å². The normalized spacial score (nSPS) is 28.4.